The Morgan fingerprint density at radius 2 is 1.80 bits per heavy atom. The topological polar surface area (TPSA) is 210 Å². The molecule has 0 spiro atoms. The molecule has 0 aromatic heterocycles. The van der Waals surface area contributed by atoms with Gasteiger partial charge in [-0.3, -0.25) is 28.9 Å². The van der Waals surface area contributed by atoms with Crippen LogP contribution in [0.2, 0.25) is 0 Å². The fourth-order valence-corrected chi connectivity index (χ4v) is 3.15. The molecule has 1 saturated heterocycles. The van der Waals surface area contributed by atoms with Crippen molar-refractivity contribution >= 4 is 35.4 Å². The molecular weight excluding hydrogens is 400 g/mol. The van der Waals surface area contributed by atoms with Crippen molar-refractivity contribution < 1.29 is 39.0 Å². The number of ketones is 1. The van der Waals surface area contributed by atoms with Crippen LogP contribution in [0.25, 0.3) is 0 Å². The number of imide groups is 1. The van der Waals surface area contributed by atoms with E-state index in [9.17, 15) is 33.9 Å². The molecule has 0 aromatic rings. The van der Waals surface area contributed by atoms with Crippen molar-refractivity contribution in [2.24, 2.45) is 17.4 Å². The zero-order chi connectivity index (χ0) is 23.0. The standard InChI is InChI=1S/C18H28N4O8/c1-9(20)16(27)21-11(5-6-14(24)25)15(26)10-8-13(23)22(17(10)28)12(18(29)30)4-2-3-7-19/h9-12H,2-8,19-20H2,1H3,(H,21,27)(H,24,25)(H,29,30)/t9-,10+,11-,12-/m0/s1. The number of carbonyl (C=O) groups excluding carboxylic acids is 4. The smallest absolute Gasteiger partial charge is 0.326 e. The lowest BCUT2D eigenvalue weighted by Gasteiger charge is -2.24. The fourth-order valence-electron chi connectivity index (χ4n) is 3.15. The van der Waals surface area contributed by atoms with Crippen LogP contribution in [0.5, 0.6) is 0 Å². The van der Waals surface area contributed by atoms with E-state index in [0.717, 1.165) is 0 Å². The molecule has 0 radical (unpaired) electrons. The number of amides is 3. The second kappa shape index (κ2) is 11.4. The van der Waals surface area contributed by atoms with E-state index in [2.05, 4.69) is 5.32 Å². The summed E-state index contributed by atoms with van der Waals surface area (Å²) in [6.07, 6.45) is -0.447. The van der Waals surface area contributed by atoms with Gasteiger partial charge < -0.3 is 27.0 Å². The van der Waals surface area contributed by atoms with E-state index in [1.807, 2.05) is 0 Å². The average Bonchev–Trinajstić information content (AvgIpc) is 2.95. The van der Waals surface area contributed by atoms with Crippen LogP contribution in [0.1, 0.15) is 45.4 Å². The second-order valence-corrected chi connectivity index (χ2v) is 7.18. The molecule has 12 heteroatoms. The Morgan fingerprint density at radius 1 is 1.17 bits per heavy atom. The number of hydrogen-bond acceptors (Lipinski definition) is 8. The number of carboxylic acid groups (broad SMARTS) is 2. The third-order valence-electron chi connectivity index (χ3n) is 4.78. The lowest BCUT2D eigenvalue weighted by Crippen LogP contribution is -2.51. The fraction of sp³-hybridized carbons (Fsp3) is 0.667. The number of nitrogens with one attached hydrogen (secondary N) is 1. The van der Waals surface area contributed by atoms with Crippen molar-refractivity contribution in [1.29, 1.82) is 0 Å². The molecule has 3 amide bonds. The largest absolute Gasteiger partial charge is 0.481 e. The first-order valence-corrected chi connectivity index (χ1v) is 9.61. The Morgan fingerprint density at radius 3 is 2.30 bits per heavy atom. The first-order valence-electron chi connectivity index (χ1n) is 9.61. The van der Waals surface area contributed by atoms with Crippen LogP contribution in [0.4, 0.5) is 0 Å². The molecule has 0 aliphatic carbocycles. The lowest BCUT2D eigenvalue weighted by atomic mass is 9.93. The predicted octanol–water partition coefficient (Wildman–Crippen LogP) is -1.79. The number of Topliss-reactive ketones (excluding diaryl/α,β-unsaturated/α-hetero) is 1. The first-order chi connectivity index (χ1) is 14.0. The maximum absolute atomic E-state index is 12.9. The summed E-state index contributed by atoms with van der Waals surface area (Å²) in [4.78, 5) is 72.9. The zero-order valence-electron chi connectivity index (χ0n) is 16.7. The SMILES string of the molecule is C[C@H](N)C(=O)N[C@@H](CCC(=O)O)C(=O)[C@H]1CC(=O)N([C@@H](CCCCN)C(=O)O)C1=O. The Bertz CT molecular complexity index is 708. The summed E-state index contributed by atoms with van der Waals surface area (Å²) in [6.45, 7) is 1.68. The summed E-state index contributed by atoms with van der Waals surface area (Å²) in [5, 5.41) is 20.6. The lowest BCUT2D eigenvalue weighted by molar-refractivity contribution is -0.155. The minimum absolute atomic E-state index is 0.00517. The van der Waals surface area contributed by atoms with Gasteiger partial charge >= 0.3 is 11.9 Å². The van der Waals surface area contributed by atoms with Crippen molar-refractivity contribution in [3.8, 4) is 0 Å². The van der Waals surface area contributed by atoms with E-state index >= 15 is 0 Å². The average molecular weight is 428 g/mol. The number of carbonyl (C=O) groups is 6. The molecule has 30 heavy (non-hydrogen) atoms. The quantitative estimate of drug-likeness (QED) is 0.126. The molecule has 1 fully saturated rings. The molecule has 1 rings (SSSR count). The minimum Gasteiger partial charge on any atom is -0.481 e. The first kappa shape index (κ1) is 25.2. The molecule has 1 aliphatic heterocycles. The highest BCUT2D eigenvalue weighted by atomic mass is 16.4. The molecule has 0 saturated carbocycles. The highest BCUT2D eigenvalue weighted by Crippen LogP contribution is 2.26. The van der Waals surface area contributed by atoms with Crippen molar-refractivity contribution in [2.75, 3.05) is 6.54 Å². The Hall–Kier alpha value is -2.86. The summed E-state index contributed by atoms with van der Waals surface area (Å²) in [7, 11) is 0. The second-order valence-electron chi connectivity index (χ2n) is 7.18. The van der Waals surface area contributed by atoms with Crippen molar-refractivity contribution in [2.45, 2.75) is 63.6 Å². The molecule has 4 atom stereocenters. The van der Waals surface area contributed by atoms with Crippen LogP contribution in [-0.4, -0.2) is 75.2 Å². The van der Waals surface area contributed by atoms with E-state index in [0.29, 0.717) is 24.3 Å². The van der Waals surface area contributed by atoms with E-state index < -0.39 is 72.3 Å². The van der Waals surface area contributed by atoms with Gasteiger partial charge in [0.2, 0.25) is 17.7 Å². The van der Waals surface area contributed by atoms with Crippen LogP contribution in [0.15, 0.2) is 0 Å². The van der Waals surface area contributed by atoms with Crippen LogP contribution in [0, 0.1) is 5.92 Å². The van der Waals surface area contributed by atoms with Crippen molar-refractivity contribution in [1.82, 2.24) is 10.2 Å². The summed E-state index contributed by atoms with van der Waals surface area (Å²) in [6, 6.07) is -3.76. The highest BCUT2D eigenvalue weighted by molar-refractivity contribution is 6.17. The summed E-state index contributed by atoms with van der Waals surface area (Å²) in [5.74, 6) is -7.45. The van der Waals surface area contributed by atoms with Crippen molar-refractivity contribution in [3.63, 3.8) is 0 Å². The molecular formula is C18H28N4O8. The zero-order valence-corrected chi connectivity index (χ0v) is 16.7. The van der Waals surface area contributed by atoms with Gasteiger partial charge in [0, 0.05) is 12.8 Å². The molecule has 0 unspecified atom stereocenters. The summed E-state index contributed by atoms with van der Waals surface area (Å²) < 4.78 is 0. The molecule has 12 nitrogen and oxygen atoms in total. The predicted molar refractivity (Wildman–Crippen MR) is 102 cm³/mol. The molecule has 168 valence electrons. The third kappa shape index (κ3) is 6.59. The highest BCUT2D eigenvalue weighted by Gasteiger charge is 2.49. The van der Waals surface area contributed by atoms with Gasteiger partial charge in [-0.15, -0.1) is 0 Å². The van der Waals surface area contributed by atoms with Gasteiger partial charge in [-0.25, -0.2) is 4.79 Å². The van der Waals surface area contributed by atoms with Crippen LogP contribution in [0.3, 0.4) is 0 Å². The number of aliphatic carboxylic acids is 2. The molecule has 1 aliphatic rings. The van der Waals surface area contributed by atoms with Gasteiger partial charge in [-0.1, -0.05) is 0 Å². The van der Waals surface area contributed by atoms with Gasteiger partial charge in [0.05, 0.1) is 12.1 Å². The Labute approximate surface area is 172 Å². The van der Waals surface area contributed by atoms with Gasteiger partial charge in [-0.2, -0.15) is 0 Å². The van der Waals surface area contributed by atoms with Gasteiger partial charge in [-0.05, 0) is 39.2 Å². The Balaban J connectivity index is 3.04. The van der Waals surface area contributed by atoms with E-state index in [-0.39, 0.29) is 12.8 Å². The van der Waals surface area contributed by atoms with Gasteiger partial charge in [0.15, 0.2) is 5.78 Å². The van der Waals surface area contributed by atoms with E-state index in [1.54, 1.807) is 0 Å². The van der Waals surface area contributed by atoms with E-state index in [1.165, 1.54) is 6.92 Å². The van der Waals surface area contributed by atoms with E-state index in [4.69, 9.17) is 16.6 Å². The number of unbranched alkanes of at least 4 members (excludes halogenated alkanes) is 1. The number of carboxylic acids is 2. The molecule has 7 N–H and O–H groups in total. The number of nitrogens with two attached hydrogens (primary N) is 2. The monoisotopic (exact) mass is 428 g/mol. The minimum atomic E-state index is -1.50. The van der Waals surface area contributed by atoms with Crippen molar-refractivity contribution in [3.05, 3.63) is 0 Å². The Kier molecular flexibility index (Phi) is 9.53. The number of likely N-dealkylation sites (tertiary alicyclic amines) is 1. The number of rotatable bonds is 13. The molecule has 0 bridgehead atoms. The number of hydrogen-bond donors (Lipinski definition) is 5. The van der Waals surface area contributed by atoms with Crippen LogP contribution >= 0.6 is 0 Å². The van der Waals surface area contributed by atoms with Gasteiger partial charge in [0.1, 0.15) is 12.0 Å². The van der Waals surface area contributed by atoms with Gasteiger partial charge in [0.25, 0.3) is 0 Å². The summed E-state index contributed by atoms with van der Waals surface area (Å²) in [5.41, 5.74) is 10.8. The third-order valence-corrected chi connectivity index (χ3v) is 4.78. The maximum atomic E-state index is 12.9. The maximum Gasteiger partial charge on any atom is 0.326 e. The van der Waals surface area contributed by atoms with Crippen LogP contribution in [-0.2, 0) is 28.8 Å². The summed E-state index contributed by atoms with van der Waals surface area (Å²) >= 11 is 0. The number of nitrogens with zero attached hydrogens (tertiary/aromatic N) is 1. The normalized spacial score (nSPS) is 19.3. The molecule has 0 aromatic carbocycles. The van der Waals surface area contributed by atoms with Crippen LogP contribution < -0.4 is 16.8 Å². The molecule has 1 heterocycles.